The van der Waals surface area contributed by atoms with Gasteiger partial charge in [-0.05, 0) is 30.3 Å². The minimum atomic E-state index is -0.772. The van der Waals surface area contributed by atoms with Crippen LogP contribution in [0.5, 0.6) is 0 Å². The second-order valence-corrected chi connectivity index (χ2v) is 5.26. The van der Waals surface area contributed by atoms with E-state index in [9.17, 15) is 14.4 Å². The molecule has 0 fully saturated rings. The van der Waals surface area contributed by atoms with Crippen LogP contribution in [0.1, 0.15) is 31.1 Å². The van der Waals surface area contributed by atoms with Gasteiger partial charge in [-0.2, -0.15) is 0 Å². The van der Waals surface area contributed by atoms with E-state index in [2.05, 4.69) is 15.9 Å². The number of rotatable bonds is 2. The summed E-state index contributed by atoms with van der Waals surface area (Å²) < 4.78 is 0.694. The van der Waals surface area contributed by atoms with Crippen LogP contribution in [0.15, 0.2) is 53.0 Å². The number of nitrogens with zero attached hydrogens (tertiary/aromatic N) is 1. The number of halogens is 1. The van der Waals surface area contributed by atoms with Crippen molar-refractivity contribution in [3.63, 3.8) is 0 Å². The summed E-state index contributed by atoms with van der Waals surface area (Å²) in [7, 11) is 0. The number of hydroxylamine groups is 2. The van der Waals surface area contributed by atoms with Crippen LogP contribution in [0.3, 0.4) is 0 Å². The van der Waals surface area contributed by atoms with Crippen LogP contribution in [0, 0.1) is 0 Å². The van der Waals surface area contributed by atoms with Crippen molar-refractivity contribution in [3.05, 3.63) is 69.7 Å². The highest BCUT2D eigenvalue weighted by atomic mass is 79.9. The normalized spacial score (nSPS) is 13.3. The van der Waals surface area contributed by atoms with E-state index >= 15 is 0 Å². The molecule has 0 saturated heterocycles. The van der Waals surface area contributed by atoms with Crippen LogP contribution in [-0.2, 0) is 4.84 Å². The summed E-state index contributed by atoms with van der Waals surface area (Å²) in [6.07, 6.45) is 0. The molecule has 21 heavy (non-hydrogen) atoms. The minimum absolute atomic E-state index is 0.226. The maximum Gasteiger partial charge on any atom is 0.363 e. The topological polar surface area (TPSA) is 63.7 Å². The van der Waals surface area contributed by atoms with E-state index in [-0.39, 0.29) is 16.7 Å². The van der Waals surface area contributed by atoms with Gasteiger partial charge in [0.25, 0.3) is 11.8 Å². The zero-order valence-corrected chi connectivity index (χ0v) is 12.2. The predicted octanol–water partition coefficient (Wildman–Crippen LogP) is 2.82. The third-order valence-electron chi connectivity index (χ3n) is 2.99. The molecule has 1 heterocycles. The van der Waals surface area contributed by atoms with Crippen molar-refractivity contribution >= 4 is 33.7 Å². The molecule has 0 aromatic heterocycles. The first-order valence-electron chi connectivity index (χ1n) is 6.03. The summed E-state index contributed by atoms with van der Waals surface area (Å²) in [5.41, 5.74) is 0.690. The van der Waals surface area contributed by atoms with E-state index < -0.39 is 17.8 Å². The Balaban J connectivity index is 1.85. The summed E-state index contributed by atoms with van der Waals surface area (Å²) in [6, 6.07) is 12.8. The first-order valence-corrected chi connectivity index (χ1v) is 6.83. The van der Waals surface area contributed by atoms with Gasteiger partial charge in [-0.15, -0.1) is 0 Å². The molecule has 104 valence electrons. The molecule has 0 unspecified atom stereocenters. The quantitative estimate of drug-likeness (QED) is 0.785. The van der Waals surface area contributed by atoms with Gasteiger partial charge in [0.05, 0.1) is 16.7 Å². The van der Waals surface area contributed by atoms with Crippen molar-refractivity contribution in [1.29, 1.82) is 0 Å². The highest BCUT2D eigenvalue weighted by Crippen LogP contribution is 2.23. The lowest BCUT2D eigenvalue weighted by molar-refractivity contribution is -0.0584. The summed E-state index contributed by atoms with van der Waals surface area (Å²) in [4.78, 5) is 41.1. The van der Waals surface area contributed by atoms with E-state index in [1.807, 2.05) is 0 Å². The highest BCUT2D eigenvalue weighted by molar-refractivity contribution is 9.10. The Morgan fingerprint density at radius 1 is 0.952 bits per heavy atom. The molecule has 0 aliphatic carbocycles. The molecule has 0 saturated carbocycles. The van der Waals surface area contributed by atoms with Crippen LogP contribution < -0.4 is 0 Å². The van der Waals surface area contributed by atoms with Gasteiger partial charge < -0.3 is 4.84 Å². The van der Waals surface area contributed by atoms with Gasteiger partial charge in [0.2, 0.25) is 0 Å². The molecular formula is C15H8BrNO4. The Labute approximate surface area is 128 Å². The summed E-state index contributed by atoms with van der Waals surface area (Å²) >= 11 is 3.23. The molecule has 1 aliphatic rings. The number of hydrogen-bond donors (Lipinski definition) is 0. The zero-order valence-electron chi connectivity index (χ0n) is 10.6. The molecule has 0 N–H and O–H groups in total. The van der Waals surface area contributed by atoms with Crippen molar-refractivity contribution in [2.45, 2.75) is 0 Å². The second-order valence-electron chi connectivity index (χ2n) is 4.34. The molecule has 5 nitrogen and oxygen atoms in total. The lowest BCUT2D eigenvalue weighted by Crippen LogP contribution is -2.32. The number of imide groups is 1. The first kappa shape index (κ1) is 13.5. The Kier molecular flexibility index (Phi) is 3.31. The summed E-state index contributed by atoms with van der Waals surface area (Å²) in [5, 5.41) is 0.494. The Hall–Kier alpha value is -2.47. The molecule has 2 aromatic rings. The predicted molar refractivity (Wildman–Crippen MR) is 76.5 cm³/mol. The van der Waals surface area contributed by atoms with E-state index in [0.29, 0.717) is 9.54 Å². The van der Waals surface area contributed by atoms with Crippen LogP contribution >= 0.6 is 15.9 Å². The molecule has 1 aliphatic heterocycles. The van der Waals surface area contributed by atoms with Gasteiger partial charge in [0, 0.05) is 4.47 Å². The number of benzene rings is 2. The minimum Gasteiger partial charge on any atom is -0.324 e. The molecule has 6 heteroatoms. The molecule has 0 radical (unpaired) electrons. The number of carbonyl (C=O) groups is 3. The Morgan fingerprint density at radius 2 is 1.57 bits per heavy atom. The summed E-state index contributed by atoms with van der Waals surface area (Å²) in [5.74, 6) is -2.05. The largest absolute Gasteiger partial charge is 0.363 e. The molecule has 0 bridgehead atoms. The van der Waals surface area contributed by atoms with Crippen LogP contribution in [0.4, 0.5) is 0 Å². The Morgan fingerprint density at radius 3 is 2.14 bits per heavy atom. The fourth-order valence-corrected chi connectivity index (χ4v) is 2.40. The van der Waals surface area contributed by atoms with Gasteiger partial charge in [0.1, 0.15) is 0 Å². The third-order valence-corrected chi connectivity index (χ3v) is 3.48. The molecule has 3 rings (SSSR count). The van der Waals surface area contributed by atoms with E-state index in [1.54, 1.807) is 30.3 Å². The Bertz CT molecular complexity index is 737. The summed E-state index contributed by atoms with van der Waals surface area (Å²) in [6.45, 7) is 0. The van der Waals surface area contributed by atoms with Crippen LogP contribution in [-0.4, -0.2) is 22.8 Å². The van der Waals surface area contributed by atoms with Crippen molar-refractivity contribution in [3.8, 4) is 0 Å². The second kappa shape index (κ2) is 5.14. The molecule has 0 spiro atoms. The maximum atomic E-state index is 12.1. The van der Waals surface area contributed by atoms with Crippen LogP contribution in [0.2, 0.25) is 0 Å². The molecule has 0 atom stereocenters. The third kappa shape index (κ3) is 2.34. The van der Waals surface area contributed by atoms with Crippen molar-refractivity contribution in [1.82, 2.24) is 5.06 Å². The molecule has 2 amide bonds. The van der Waals surface area contributed by atoms with Gasteiger partial charge >= 0.3 is 5.97 Å². The van der Waals surface area contributed by atoms with Crippen molar-refractivity contribution < 1.29 is 19.2 Å². The maximum absolute atomic E-state index is 12.1. The van der Waals surface area contributed by atoms with Crippen molar-refractivity contribution in [2.24, 2.45) is 0 Å². The van der Waals surface area contributed by atoms with Gasteiger partial charge in [-0.25, -0.2) is 4.79 Å². The number of fused-ring (bicyclic) bond motifs is 1. The van der Waals surface area contributed by atoms with Gasteiger partial charge in [-0.3, -0.25) is 9.59 Å². The van der Waals surface area contributed by atoms with E-state index in [1.165, 1.54) is 18.2 Å². The molecular weight excluding hydrogens is 338 g/mol. The number of hydrogen-bond acceptors (Lipinski definition) is 4. The fourth-order valence-electron chi connectivity index (χ4n) is 2.00. The lowest BCUT2D eigenvalue weighted by atomic mass is 10.1. The van der Waals surface area contributed by atoms with E-state index in [0.717, 1.165) is 0 Å². The van der Waals surface area contributed by atoms with Gasteiger partial charge in [0.15, 0.2) is 0 Å². The van der Waals surface area contributed by atoms with E-state index in [4.69, 9.17) is 4.84 Å². The average Bonchev–Trinajstić information content (AvgIpc) is 2.73. The standard InChI is InChI=1S/C15H8BrNO4/c16-10-5-3-4-9(8-10)15(20)21-17-13(18)11-6-1-2-7-12(11)14(17)19/h1-8H. The number of carbonyl (C=O) groups excluding carboxylic acids is 3. The SMILES string of the molecule is O=C(ON1C(=O)c2ccccc2C1=O)c1cccc(Br)c1. The zero-order chi connectivity index (χ0) is 15.0. The van der Waals surface area contributed by atoms with Crippen LogP contribution in [0.25, 0.3) is 0 Å². The average molecular weight is 346 g/mol. The monoisotopic (exact) mass is 345 g/mol. The fraction of sp³-hybridized carbons (Fsp3) is 0. The van der Waals surface area contributed by atoms with Crippen molar-refractivity contribution in [2.75, 3.05) is 0 Å². The number of amides is 2. The lowest BCUT2D eigenvalue weighted by Gasteiger charge is -2.12. The highest BCUT2D eigenvalue weighted by Gasteiger charge is 2.38. The molecule has 2 aromatic carbocycles. The van der Waals surface area contributed by atoms with Gasteiger partial charge in [-0.1, -0.05) is 39.2 Å². The first-order chi connectivity index (χ1) is 10.1. The smallest absolute Gasteiger partial charge is 0.324 e.